The van der Waals surface area contributed by atoms with Crippen LogP contribution in [0.25, 0.3) is 33.2 Å². The van der Waals surface area contributed by atoms with Crippen LogP contribution in [-0.4, -0.2) is 69.8 Å². The van der Waals surface area contributed by atoms with Gasteiger partial charge in [-0.05, 0) is 88.1 Å². The van der Waals surface area contributed by atoms with Crippen LogP contribution in [0.4, 0.5) is 0 Å². The van der Waals surface area contributed by atoms with E-state index in [0.717, 1.165) is 86.2 Å². The van der Waals surface area contributed by atoms with Crippen LogP contribution in [0, 0.1) is 17.2 Å². The number of carbonyl (C=O) groups excluding carboxylic acids is 1. The second-order valence-corrected chi connectivity index (χ2v) is 10.6. The molecule has 2 aliphatic heterocycles. The molecule has 1 atom stereocenters. The Balaban J connectivity index is 1.13. The van der Waals surface area contributed by atoms with E-state index in [4.69, 9.17) is 4.74 Å². The van der Waals surface area contributed by atoms with Crippen molar-refractivity contribution in [3.8, 4) is 17.5 Å². The van der Waals surface area contributed by atoms with E-state index in [9.17, 15) is 10.1 Å². The largest absolute Gasteiger partial charge is 0.466 e. The highest BCUT2D eigenvalue weighted by molar-refractivity contribution is 5.96. The Bertz CT molecular complexity index is 1490. The number of nitriles is 1. The Morgan fingerprint density at radius 1 is 1.11 bits per heavy atom. The molecule has 4 aromatic rings. The minimum atomic E-state index is -0.0247. The molecule has 8 nitrogen and oxygen atoms in total. The highest BCUT2D eigenvalue weighted by Crippen LogP contribution is 2.32. The maximum absolute atomic E-state index is 12.3. The van der Waals surface area contributed by atoms with E-state index in [-0.39, 0.29) is 11.9 Å². The SMILES string of the molecule is CCOC(=O)[C@@H]1CCCN(C2CCN(Cc3cccc4[nH]c(-c5n[nH]c6cc(C#N)ccc56)cc34)CC2)C1. The van der Waals surface area contributed by atoms with Crippen LogP contribution in [0.5, 0.6) is 0 Å². The van der Waals surface area contributed by atoms with Crippen molar-refractivity contribution < 1.29 is 9.53 Å². The van der Waals surface area contributed by atoms with E-state index in [0.29, 0.717) is 18.2 Å². The number of hydrogen-bond acceptors (Lipinski definition) is 6. The quantitative estimate of drug-likeness (QED) is 0.361. The maximum atomic E-state index is 12.3. The molecule has 0 aliphatic carbocycles. The second-order valence-electron chi connectivity index (χ2n) is 10.6. The summed E-state index contributed by atoms with van der Waals surface area (Å²) < 4.78 is 5.30. The average Bonchev–Trinajstić information content (AvgIpc) is 3.58. The first kappa shape index (κ1) is 24.7. The van der Waals surface area contributed by atoms with Gasteiger partial charge in [0.05, 0.1) is 35.4 Å². The van der Waals surface area contributed by atoms with Crippen molar-refractivity contribution >= 4 is 27.8 Å². The van der Waals surface area contributed by atoms with Crippen LogP contribution in [0.2, 0.25) is 0 Å². The van der Waals surface area contributed by atoms with Gasteiger partial charge in [-0.25, -0.2) is 0 Å². The van der Waals surface area contributed by atoms with Crippen LogP contribution >= 0.6 is 0 Å². The second kappa shape index (κ2) is 10.6. The zero-order valence-corrected chi connectivity index (χ0v) is 21.9. The summed E-state index contributed by atoms with van der Waals surface area (Å²) >= 11 is 0. The lowest BCUT2D eigenvalue weighted by atomic mass is 9.93. The third-order valence-corrected chi connectivity index (χ3v) is 8.24. The summed E-state index contributed by atoms with van der Waals surface area (Å²) in [5, 5.41) is 19.0. The molecule has 38 heavy (non-hydrogen) atoms. The Kier molecular flexibility index (Phi) is 6.88. The van der Waals surface area contributed by atoms with Crippen molar-refractivity contribution in [3.05, 3.63) is 53.6 Å². The van der Waals surface area contributed by atoms with Crippen LogP contribution < -0.4 is 0 Å². The maximum Gasteiger partial charge on any atom is 0.310 e. The fourth-order valence-corrected chi connectivity index (χ4v) is 6.25. The summed E-state index contributed by atoms with van der Waals surface area (Å²) in [6.07, 6.45) is 4.29. The van der Waals surface area contributed by atoms with Crippen molar-refractivity contribution in [2.24, 2.45) is 5.92 Å². The van der Waals surface area contributed by atoms with E-state index in [1.165, 1.54) is 10.9 Å². The molecule has 0 radical (unpaired) electrons. The molecule has 8 heteroatoms. The summed E-state index contributed by atoms with van der Waals surface area (Å²) in [5.74, 6) is 0.00510. The summed E-state index contributed by atoms with van der Waals surface area (Å²) in [6.45, 7) is 7.31. The third kappa shape index (κ3) is 4.80. The first-order chi connectivity index (χ1) is 18.6. The standard InChI is InChI=1S/C30H34N6O2/c1-2-38-30(37)22-6-4-12-36(19-22)23-10-13-35(14-11-23)18-21-5-3-7-26-25(21)16-28(32-26)29-24-9-8-20(17-31)15-27(24)33-34-29/h3,5,7-9,15-16,22-23,32H,2,4,6,10-14,18-19H2,1H3,(H,33,34)/t22-/m1/s1. The summed E-state index contributed by atoms with van der Waals surface area (Å²) in [7, 11) is 0. The van der Waals surface area contributed by atoms with Crippen LogP contribution in [-0.2, 0) is 16.1 Å². The normalized spacial score (nSPS) is 19.6. The number of benzene rings is 2. The van der Waals surface area contributed by atoms with Crippen LogP contribution in [0.3, 0.4) is 0 Å². The molecule has 2 aliphatic rings. The number of piperidine rings is 2. The minimum Gasteiger partial charge on any atom is -0.466 e. The highest BCUT2D eigenvalue weighted by atomic mass is 16.5. The molecule has 0 saturated carbocycles. The fourth-order valence-electron chi connectivity index (χ4n) is 6.25. The Labute approximate surface area is 222 Å². The molecule has 2 aromatic heterocycles. The lowest BCUT2D eigenvalue weighted by Gasteiger charge is -2.41. The van der Waals surface area contributed by atoms with Gasteiger partial charge in [0.2, 0.25) is 0 Å². The number of carbonyl (C=O) groups is 1. The molecular formula is C30H34N6O2. The topological polar surface area (TPSA) is 101 Å². The van der Waals surface area contributed by atoms with Gasteiger partial charge in [-0.1, -0.05) is 12.1 Å². The molecular weight excluding hydrogens is 476 g/mol. The molecule has 6 rings (SSSR count). The summed E-state index contributed by atoms with van der Waals surface area (Å²) in [5.41, 5.74) is 5.75. The molecule has 0 spiro atoms. The predicted octanol–water partition coefficient (Wildman–Crippen LogP) is 4.82. The fraction of sp³-hybridized carbons (Fsp3) is 0.433. The van der Waals surface area contributed by atoms with Gasteiger partial charge >= 0.3 is 5.97 Å². The predicted molar refractivity (Wildman–Crippen MR) is 147 cm³/mol. The van der Waals surface area contributed by atoms with E-state index in [2.05, 4.69) is 55.3 Å². The monoisotopic (exact) mass is 510 g/mol. The number of hydrogen-bond donors (Lipinski definition) is 2. The Morgan fingerprint density at radius 2 is 1.97 bits per heavy atom. The number of aromatic amines is 2. The number of H-pyrrole nitrogens is 2. The number of rotatable bonds is 6. The number of nitrogens with one attached hydrogen (secondary N) is 2. The van der Waals surface area contributed by atoms with E-state index < -0.39 is 0 Å². The van der Waals surface area contributed by atoms with Gasteiger partial charge < -0.3 is 9.72 Å². The Morgan fingerprint density at radius 3 is 2.79 bits per heavy atom. The van der Waals surface area contributed by atoms with Gasteiger partial charge in [-0.3, -0.25) is 19.7 Å². The zero-order valence-electron chi connectivity index (χ0n) is 21.9. The van der Waals surface area contributed by atoms with Crippen molar-refractivity contribution in [2.75, 3.05) is 32.8 Å². The van der Waals surface area contributed by atoms with Gasteiger partial charge in [-0.2, -0.15) is 10.4 Å². The molecule has 196 valence electrons. The van der Waals surface area contributed by atoms with Crippen molar-refractivity contribution in [1.29, 1.82) is 5.26 Å². The van der Waals surface area contributed by atoms with Crippen molar-refractivity contribution in [2.45, 2.75) is 45.2 Å². The number of fused-ring (bicyclic) bond motifs is 2. The van der Waals surface area contributed by atoms with Crippen LogP contribution in [0.15, 0.2) is 42.5 Å². The zero-order chi connectivity index (χ0) is 26.1. The van der Waals surface area contributed by atoms with E-state index in [1.54, 1.807) is 0 Å². The van der Waals surface area contributed by atoms with Gasteiger partial charge in [0.1, 0.15) is 5.69 Å². The molecule has 0 amide bonds. The van der Waals surface area contributed by atoms with Crippen molar-refractivity contribution in [1.82, 2.24) is 25.0 Å². The first-order valence-electron chi connectivity index (χ1n) is 13.7. The van der Waals surface area contributed by atoms with Gasteiger partial charge in [0, 0.05) is 35.4 Å². The highest BCUT2D eigenvalue weighted by Gasteiger charge is 2.32. The number of nitrogens with zero attached hydrogens (tertiary/aromatic N) is 4. The first-order valence-corrected chi connectivity index (χ1v) is 13.7. The number of likely N-dealkylation sites (tertiary alicyclic amines) is 2. The molecule has 0 unspecified atom stereocenters. The lowest BCUT2D eigenvalue weighted by Crippen LogP contribution is -2.49. The smallest absolute Gasteiger partial charge is 0.310 e. The van der Waals surface area contributed by atoms with Gasteiger partial charge in [-0.15, -0.1) is 0 Å². The summed E-state index contributed by atoms with van der Waals surface area (Å²) in [4.78, 5) is 20.9. The summed E-state index contributed by atoms with van der Waals surface area (Å²) in [6, 6.07) is 17.0. The van der Waals surface area contributed by atoms with Gasteiger partial charge in [0.25, 0.3) is 0 Å². The minimum absolute atomic E-state index is 0.0247. The van der Waals surface area contributed by atoms with E-state index in [1.807, 2.05) is 25.1 Å². The molecule has 2 fully saturated rings. The van der Waals surface area contributed by atoms with Gasteiger partial charge in [0.15, 0.2) is 0 Å². The van der Waals surface area contributed by atoms with E-state index >= 15 is 0 Å². The third-order valence-electron chi connectivity index (χ3n) is 8.24. The molecule has 2 aromatic carbocycles. The molecule has 2 N–H and O–H groups in total. The number of ether oxygens (including phenoxy) is 1. The molecule has 0 bridgehead atoms. The Hall–Kier alpha value is -3.67. The molecule has 4 heterocycles. The average molecular weight is 511 g/mol. The molecule has 2 saturated heterocycles. The van der Waals surface area contributed by atoms with Crippen LogP contribution in [0.1, 0.15) is 43.7 Å². The lowest BCUT2D eigenvalue weighted by molar-refractivity contribution is -0.150. The number of aromatic nitrogens is 3. The number of esters is 1. The van der Waals surface area contributed by atoms with Crippen molar-refractivity contribution in [3.63, 3.8) is 0 Å².